The van der Waals surface area contributed by atoms with Crippen LogP contribution in [0.15, 0.2) is 24.3 Å². The van der Waals surface area contributed by atoms with Crippen molar-refractivity contribution in [2.75, 3.05) is 18.4 Å². The van der Waals surface area contributed by atoms with Crippen LogP contribution in [0, 0.1) is 5.92 Å². The van der Waals surface area contributed by atoms with E-state index < -0.39 is 5.54 Å². The molecular formula is C20H32Cl2N4O2. The number of nitrogens with one attached hydrogen (secondary N) is 1. The minimum Gasteiger partial charge on any atom is -0.369 e. The molecule has 1 aromatic rings. The number of nitrogens with two attached hydrogens (primary N) is 2. The lowest BCUT2D eigenvalue weighted by molar-refractivity contribution is -0.123. The molecule has 1 unspecified atom stereocenters. The Morgan fingerprint density at radius 1 is 1.07 bits per heavy atom. The third kappa shape index (κ3) is 6.34. The lowest BCUT2D eigenvalue weighted by Gasteiger charge is -2.32. The fraction of sp³-hybridized carbons (Fsp3) is 0.600. The Balaban J connectivity index is 0.00000196. The van der Waals surface area contributed by atoms with Gasteiger partial charge in [-0.05, 0) is 49.9 Å². The maximum absolute atomic E-state index is 12.5. The molecule has 1 aromatic carbocycles. The van der Waals surface area contributed by atoms with E-state index in [0.29, 0.717) is 0 Å². The summed E-state index contributed by atoms with van der Waals surface area (Å²) in [6, 6.07) is 7.89. The van der Waals surface area contributed by atoms with Crippen LogP contribution in [0.25, 0.3) is 0 Å². The molecule has 3 rings (SSSR count). The number of hydrogen-bond acceptors (Lipinski definition) is 4. The molecule has 5 N–H and O–H groups in total. The summed E-state index contributed by atoms with van der Waals surface area (Å²) < 4.78 is 0. The van der Waals surface area contributed by atoms with Crippen LogP contribution in [-0.2, 0) is 16.1 Å². The van der Waals surface area contributed by atoms with Crippen LogP contribution in [0.4, 0.5) is 5.69 Å². The Kier molecular flexibility index (Phi) is 9.70. The SMILES string of the molecule is Cl.Cl.NC(=O)C1CCCN(Cc2ccc(NC(=O)C3(N)CCCCC3)cc2)C1. The Bertz CT molecular complexity index is 648. The minimum absolute atomic E-state index is 0. The van der Waals surface area contributed by atoms with Gasteiger partial charge in [-0.3, -0.25) is 14.5 Å². The first-order chi connectivity index (χ1) is 12.5. The number of halogens is 2. The molecule has 28 heavy (non-hydrogen) atoms. The van der Waals surface area contributed by atoms with Gasteiger partial charge in [-0.25, -0.2) is 0 Å². The predicted octanol–water partition coefficient (Wildman–Crippen LogP) is 2.83. The number of likely N-dealkylation sites (tertiary alicyclic amines) is 1. The summed E-state index contributed by atoms with van der Waals surface area (Å²) in [5.41, 5.74) is 12.9. The molecule has 1 heterocycles. The van der Waals surface area contributed by atoms with Gasteiger partial charge in [-0.1, -0.05) is 31.4 Å². The summed E-state index contributed by atoms with van der Waals surface area (Å²) in [5.74, 6) is -0.324. The quantitative estimate of drug-likeness (QED) is 0.667. The molecule has 2 aliphatic rings. The number of anilines is 1. The van der Waals surface area contributed by atoms with Crippen molar-refractivity contribution in [2.24, 2.45) is 17.4 Å². The third-order valence-electron chi connectivity index (χ3n) is 5.72. The van der Waals surface area contributed by atoms with Crippen molar-refractivity contribution in [1.29, 1.82) is 0 Å². The second-order valence-corrected chi connectivity index (χ2v) is 7.84. The maximum atomic E-state index is 12.5. The predicted molar refractivity (Wildman–Crippen MR) is 117 cm³/mol. The van der Waals surface area contributed by atoms with Crippen molar-refractivity contribution in [3.63, 3.8) is 0 Å². The number of piperidine rings is 1. The van der Waals surface area contributed by atoms with Crippen LogP contribution in [0.3, 0.4) is 0 Å². The van der Waals surface area contributed by atoms with E-state index in [1.807, 2.05) is 24.3 Å². The number of hydrogen-bond donors (Lipinski definition) is 3. The first-order valence-corrected chi connectivity index (χ1v) is 9.67. The number of carbonyl (C=O) groups excluding carboxylic acids is 2. The number of nitrogens with zero attached hydrogens (tertiary/aromatic N) is 1. The van der Waals surface area contributed by atoms with Gasteiger partial charge in [0.15, 0.2) is 0 Å². The van der Waals surface area contributed by atoms with Crippen molar-refractivity contribution in [2.45, 2.75) is 57.0 Å². The number of primary amides is 1. The van der Waals surface area contributed by atoms with Crippen LogP contribution < -0.4 is 16.8 Å². The molecule has 6 nitrogen and oxygen atoms in total. The zero-order valence-corrected chi connectivity index (χ0v) is 17.8. The summed E-state index contributed by atoms with van der Waals surface area (Å²) in [7, 11) is 0. The van der Waals surface area contributed by atoms with E-state index in [9.17, 15) is 9.59 Å². The molecule has 1 aliphatic heterocycles. The van der Waals surface area contributed by atoms with E-state index >= 15 is 0 Å². The molecule has 0 bridgehead atoms. The number of rotatable bonds is 5. The van der Waals surface area contributed by atoms with E-state index in [2.05, 4.69) is 10.2 Å². The summed E-state index contributed by atoms with van der Waals surface area (Å²) in [6.45, 7) is 2.50. The van der Waals surface area contributed by atoms with Crippen molar-refractivity contribution in [1.82, 2.24) is 4.90 Å². The minimum atomic E-state index is -0.728. The van der Waals surface area contributed by atoms with Gasteiger partial charge in [-0.15, -0.1) is 24.8 Å². The van der Waals surface area contributed by atoms with E-state index in [1.54, 1.807) is 0 Å². The fourth-order valence-electron chi connectivity index (χ4n) is 4.05. The Labute approximate surface area is 179 Å². The number of carbonyl (C=O) groups is 2. The molecule has 2 fully saturated rings. The molecule has 1 atom stereocenters. The molecule has 0 aromatic heterocycles. The molecule has 1 saturated carbocycles. The van der Waals surface area contributed by atoms with Crippen molar-refractivity contribution in [3.8, 4) is 0 Å². The van der Waals surface area contributed by atoms with Gasteiger partial charge in [0.05, 0.1) is 11.5 Å². The average molecular weight is 431 g/mol. The Hall–Kier alpha value is -1.34. The van der Waals surface area contributed by atoms with Crippen molar-refractivity contribution in [3.05, 3.63) is 29.8 Å². The van der Waals surface area contributed by atoms with E-state index in [-0.39, 0.29) is 42.5 Å². The molecular weight excluding hydrogens is 399 g/mol. The third-order valence-corrected chi connectivity index (χ3v) is 5.72. The molecule has 1 saturated heterocycles. The van der Waals surface area contributed by atoms with Gasteiger partial charge in [0, 0.05) is 18.8 Å². The van der Waals surface area contributed by atoms with E-state index in [1.165, 1.54) is 0 Å². The highest BCUT2D eigenvalue weighted by Gasteiger charge is 2.35. The smallest absolute Gasteiger partial charge is 0.244 e. The second-order valence-electron chi connectivity index (χ2n) is 7.84. The van der Waals surface area contributed by atoms with Gasteiger partial charge in [-0.2, -0.15) is 0 Å². The standard InChI is InChI=1S/C20H30N4O2.2ClH/c21-18(25)16-5-4-12-24(14-16)13-15-6-8-17(9-7-15)23-19(26)20(22)10-2-1-3-11-20;;/h6-9,16H,1-5,10-14,22H2,(H2,21,25)(H,23,26);2*1H. The summed E-state index contributed by atoms with van der Waals surface area (Å²) >= 11 is 0. The van der Waals surface area contributed by atoms with E-state index in [4.69, 9.17) is 11.5 Å². The first kappa shape index (κ1) is 24.7. The zero-order valence-electron chi connectivity index (χ0n) is 16.2. The van der Waals surface area contributed by atoms with Crippen LogP contribution in [0.2, 0.25) is 0 Å². The highest BCUT2D eigenvalue weighted by Crippen LogP contribution is 2.27. The Morgan fingerprint density at radius 2 is 1.71 bits per heavy atom. The highest BCUT2D eigenvalue weighted by atomic mass is 35.5. The largest absolute Gasteiger partial charge is 0.369 e. The van der Waals surface area contributed by atoms with Crippen molar-refractivity contribution < 1.29 is 9.59 Å². The van der Waals surface area contributed by atoms with E-state index in [0.717, 1.165) is 75.8 Å². The zero-order chi connectivity index (χ0) is 18.6. The van der Waals surface area contributed by atoms with Crippen LogP contribution in [0.1, 0.15) is 50.5 Å². The van der Waals surface area contributed by atoms with Gasteiger partial charge in [0.25, 0.3) is 0 Å². The van der Waals surface area contributed by atoms with Crippen molar-refractivity contribution >= 4 is 42.3 Å². The molecule has 0 radical (unpaired) electrons. The lowest BCUT2D eigenvalue weighted by atomic mass is 9.82. The van der Waals surface area contributed by atoms with Gasteiger partial charge in [0.2, 0.25) is 11.8 Å². The maximum Gasteiger partial charge on any atom is 0.244 e. The average Bonchev–Trinajstić information content (AvgIpc) is 2.64. The summed E-state index contributed by atoms with van der Waals surface area (Å²) in [5, 5.41) is 2.97. The summed E-state index contributed by atoms with van der Waals surface area (Å²) in [6.07, 6.45) is 6.60. The molecule has 158 valence electrons. The number of benzene rings is 1. The number of amides is 2. The fourth-order valence-corrected chi connectivity index (χ4v) is 4.05. The van der Waals surface area contributed by atoms with Crippen LogP contribution in [-0.4, -0.2) is 35.3 Å². The molecule has 0 spiro atoms. The topological polar surface area (TPSA) is 101 Å². The lowest BCUT2D eigenvalue weighted by Crippen LogP contribution is -2.52. The second kappa shape index (κ2) is 11.0. The normalized spacial score (nSPS) is 21.7. The van der Waals surface area contributed by atoms with Gasteiger partial charge >= 0.3 is 0 Å². The van der Waals surface area contributed by atoms with Crippen LogP contribution >= 0.6 is 24.8 Å². The van der Waals surface area contributed by atoms with Crippen LogP contribution in [0.5, 0.6) is 0 Å². The molecule has 2 amide bonds. The summed E-state index contributed by atoms with van der Waals surface area (Å²) in [4.78, 5) is 26.2. The van der Waals surface area contributed by atoms with Gasteiger partial charge < -0.3 is 16.8 Å². The highest BCUT2D eigenvalue weighted by molar-refractivity contribution is 5.98. The van der Waals surface area contributed by atoms with Gasteiger partial charge in [0.1, 0.15) is 0 Å². The molecule has 8 heteroatoms. The molecule has 1 aliphatic carbocycles. The first-order valence-electron chi connectivity index (χ1n) is 9.67. The monoisotopic (exact) mass is 430 g/mol. The Morgan fingerprint density at radius 3 is 2.32 bits per heavy atom.